The number of hydrogen-bond donors (Lipinski definition) is 1. The number of benzene rings is 1. The fraction of sp³-hybridized carbons (Fsp3) is 0. The number of furan rings is 1. The Hall–Kier alpha value is -2.99. The second-order valence-electron chi connectivity index (χ2n) is 5.09. The van der Waals surface area contributed by atoms with E-state index >= 15 is 0 Å². The van der Waals surface area contributed by atoms with Gasteiger partial charge in [-0.15, -0.1) is 0 Å². The van der Waals surface area contributed by atoms with Gasteiger partial charge in [0.2, 0.25) is 5.71 Å². The molecule has 3 aromatic heterocycles. The molecule has 1 aromatic carbocycles. The lowest BCUT2D eigenvalue weighted by molar-refractivity contribution is 0.617. The van der Waals surface area contributed by atoms with E-state index in [-0.39, 0.29) is 17.1 Å². The summed E-state index contributed by atoms with van der Waals surface area (Å²) < 4.78 is 19.0. The van der Waals surface area contributed by atoms with Gasteiger partial charge >= 0.3 is 0 Å². The molecule has 3 heterocycles. The van der Waals surface area contributed by atoms with Crippen molar-refractivity contribution in [1.29, 1.82) is 0 Å². The van der Waals surface area contributed by atoms with Crippen LogP contribution in [0.3, 0.4) is 0 Å². The first-order valence-electron chi connectivity index (χ1n) is 7.01. The molecule has 4 rings (SSSR count). The lowest BCUT2D eigenvalue weighted by Gasteiger charge is -2.03. The number of halogens is 2. The van der Waals surface area contributed by atoms with Gasteiger partial charge in [0.25, 0.3) is 5.56 Å². The van der Waals surface area contributed by atoms with E-state index in [9.17, 15) is 9.18 Å². The summed E-state index contributed by atoms with van der Waals surface area (Å²) >= 11 is 5.83. The molecule has 0 spiro atoms. The third-order valence-corrected chi connectivity index (χ3v) is 3.84. The van der Waals surface area contributed by atoms with Crippen LogP contribution < -0.4 is 5.56 Å². The fourth-order valence-electron chi connectivity index (χ4n) is 2.55. The molecule has 0 fully saturated rings. The highest BCUT2D eigenvalue weighted by atomic mass is 35.5. The predicted molar refractivity (Wildman–Crippen MR) is 88.3 cm³/mol. The Labute approximate surface area is 139 Å². The van der Waals surface area contributed by atoms with E-state index in [1.54, 1.807) is 30.5 Å². The van der Waals surface area contributed by atoms with E-state index in [0.717, 1.165) is 0 Å². The molecule has 0 unspecified atom stereocenters. The van der Waals surface area contributed by atoms with Crippen LogP contribution >= 0.6 is 11.6 Å². The number of fused-ring (bicyclic) bond motifs is 1. The minimum absolute atomic E-state index is 0.197. The Morgan fingerprint density at radius 2 is 1.79 bits per heavy atom. The molecule has 0 radical (unpaired) electrons. The second kappa shape index (κ2) is 5.58. The number of pyridine rings is 1. The van der Waals surface area contributed by atoms with Gasteiger partial charge in [-0.05, 0) is 29.8 Å². The molecule has 1 N–H and O–H groups in total. The smallest absolute Gasteiger partial charge is 0.262 e. The monoisotopic (exact) mass is 341 g/mol. The Kier molecular flexibility index (Phi) is 3.39. The van der Waals surface area contributed by atoms with Crippen LogP contribution in [0.5, 0.6) is 0 Å². The molecule has 5 nitrogen and oxygen atoms in total. The van der Waals surface area contributed by atoms with Gasteiger partial charge in [0.15, 0.2) is 0 Å². The van der Waals surface area contributed by atoms with Crippen molar-refractivity contribution in [2.75, 3.05) is 0 Å². The molecule has 4 aromatic rings. The van der Waals surface area contributed by atoms with Crippen LogP contribution in [0.1, 0.15) is 0 Å². The molecule has 0 atom stereocenters. The molecule has 0 amide bonds. The first-order valence-corrected chi connectivity index (χ1v) is 7.39. The topological polar surface area (TPSA) is 71.8 Å². The number of hydrogen-bond acceptors (Lipinski definition) is 4. The number of H-pyrrole nitrogens is 1. The van der Waals surface area contributed by atoms with Gasteiger partial charge in [0.1, 0.15) is 22.1 Å². The first kappa shape index (κ1) is 14.6. The van der Waals surface area contributed by atoms with E-state index in [1.807, 2.05) is 0 Å². The summed E-state index contributed by atoms with van der Waals surface area (Å²) in [5.74, 6) is 0.0540. The van der Waals surface area contributed by atoms with Crippen molar-refractivity contribution in [2.24, 2.45) is 0 Å². The number of aromatic nitrogens is 3. The van der Waals surface area contributed by atoms with Crippen LogP contribution in [0.4, 0.5) is 4.39 Å². The second-order valence-corrected chi connectivity index (χ2v) is 5.48. The molecule has 0 aliphatic heterocycles. The molecule has 7 heteroatoms. The Morgan fingerprint density at radius 1 is 1.04 bits per heavy atom. The van der Waals surface area contributed by atoms with Crippen LogP contribution in [-0.2, 0) is 0 Å². The summed E-state index contributed by atoms with van der Waals surface area (Å²) in [6.07, 6.45) is 2.81. The minimum atomic E-state index is -0.367. The summed E-state index contributed by atoms with van der Waals surface area (Å²) in [4.78, 5) is 22.9. The maximum atomic E-state index is 13.3. The van der Waals surface area contributed by atoms with Crippen LogP contribution in [0.15, 0.2) is 58.1 Å². The zero-order chi connectivity index (χ0) is 16.7. The zero-order valence-corrected chi connectivity index (χ0v) is 12.8. The van der Waals surface area contributed by atoms with Crippen molar-refractivity contribution < 1.29 is 8.81 Å². The maximum absolute atomic E-state index is 13.3. The number of rotatable bonds is 2. The normalized spacial score (nSPS) is 11.1. The average Bonchev–Trinajstić information content (AvgIpc) is 2.97. The summed E-state index contributed by atoms with van der Waals surface area (Å²) in [5, 5.41) is 0.642. The highest BCUT2D eigenvalue weighted by Crippen LogP contribution is 2.38. The summed E-state index contributed by atoms with van der Waals surface area (Å²) in [5.41, 5.74) is 1.66. The van der Waals surface area contributed by atoms with Gasteiger partial charge in [0, 0.05) is 17.3 Å². The van der Waals surface area contributed by atoms with Gasteiger partial charge in [-0.25, -0.2) is 14.4 Å². The number of nitrogens with one attached hydrogen (secondary N) is 1. The van der Waals surface area contributed by atoms with Crippen molar-refractivity contribution in [3.05, 3.63) is 70.2 Å². The highest BCUT2D eigenvalue weighted by molar-refractivity contribution is 6.29. The van der Waals surface area contributed by atoms with Crippen LogP contribution in [0, 0.1) is 5.82 Å². The van der Waals surface area contributed by atoms with E-state index < -0.39 is 0 Å². The summed E-state index contributed by atoms with van der Waals surface area (Å²) in [6, 6.07) is 9.16. The van der Waals surface area contributed by atoms with Gasteiger partial charge in [0.05, 0.1) is 6.33 Å². The Morgan fingerprint density at radius 3 is 2.50 bits per heavy atom. The summed E-state index contributed by atoms with van der Waals surface area (Å²) in [6.45, 7) is 0. The molecule has 118 valence electrons. The Balaban J connectivity index is 2.08. The lowest BCUT2D eigenvalue weighted by Crippen LogP contribution is -2.05. The predicted octanol–water partition coefficient (Wildman–Crippen LogP) is 4.04. The SMILES string of the molecule is O=c1[nH]cnc2oc(-c3ccc(Cl)nc3)c(-c3ccc(F)cc3)c12. The van der Waals surface area contributed by atoms with Crippen LogP contribution in [-0.4, -0.2) is 15.0 Å². The minimum Gasteiger partial charge on any atom is -0.437 e. The molecule has 0 saturated heterocycles. The van der Waals surface area contributed by atoms with E-state index in [2.05, 4.69) is 15.0 Å². The first-order chi connectivity index (χ1) is 11.6. The van der Waals surface area contributed by atoms with Crippen molar-refractivity contribution in [3.63, 3.8) is 0 Å². The lowest BCUT2D eigenvalue weighted by atomic mass is 10.0. The molecule has 0 saturated carbocycles. The number of aromatic amines is 1. The van der Waals surface area contributed by atoms with E-state index in [0.29, 0.717) is 33.0 Å². The van der Waals surface area contributed by atoms with Gasteiger partial charge < -0.3 is 9.40 Å². The van der Waals surface area contributed by atoms with Gasteiger partial charge in [-0.1, -0.05) is 23.7 Å². The molecular weight excluding hydrogens is 333 g/mol. The quantitative estimate of drug-likeness (QED) is 0.558. The van der Waals surface area contributed by atoms with Crippen LogP contribution in [0.25, 0.3) is 33.6 Å². The van der Waals surface area contributed by atoms with Crippen LogP contribution in [0.2, 0.25) is 5.15 Å². The molecular formula is C17H9ClFN3O2. The highest BCUT2D eigenvalue weighted by Gasteiger charge is 2.21. The average molecular weight is 342 g/mol. The Bertz CT molecular complexity index is 1090. The zero-order valence-electron chi connectivity index (χ0n) is 12.1. The molecule has 24 heavy (non-hydrogen) atoms. The fourth-order valence-corrected chi connectivity index (χ4v) is 2.66. The molecule has 0 aliphatic rings. The van der Waals surface area contributed by atoms with Gasteiger partial charge in [-0.2, -0.15) is 0 Å². The maximum Gasteiger partial charge on any atom is 0.262 e. The molecule has 0 aliphatic carbocycles. The standard InChI is InChI=1S/C17H9ClFN3O2/c18-12-6-3-10(7-20-12)15-13(9-1-4-11(19)5-2-9)14-16(23)21-8-22-17(14)24-15/h1-8H,(H,21,22,23). The third-order valence-electron chi connectivity index (χ3n) is 3.62. The van der Waals surface area contributed by atoms with Crippen molar-refractivity contribution >= 4 is 22.7 Å². The van der Waals surface area contributed by atoms with E-state index in [1.165, 1.54) is 18.5 Å². The van der Waals surface area contributed by atoms with E-state index in [4.69, 9.17) is 16.0 Å². The van der Waals surface area contributed by atoms with Crippen molar-refractivity contribution in [2.45, 2.75) is 0 Å². The largest absolute Gasteiger partial charge is 0.437 e. The number of nitrogens with zero attached hydrogens (tertiary/aromatic N) is 2. The van der Waals surface area contributed by atoms with Crippen molar-refractivity contribution in [3.8, 4) is 22.5 Å². The molecule has 0 bridgehead atoms. The summed E-state index contributed by atoms with van der Waals surface area (Å²) in [7, 11) is 0. The van der Waals surface area contributed by atoms with Gasteiger partial charge in [-0.3, -0.25) is 4.79 Å². The third kappa shape index (κ3) is 2.37. The van der Waals surface area contributed by atoms with Crippen molar-refractivity contribution in [1.82, 2.24) is 15.0 Å².